The van der Waals surface area contributed by atoms with Gasteiger partial charge in [0.1, 0.15) is 0 Å². The van der Waals surface area contributed by atoms with Gasteiger partial charge in [-0.15, -0.1) is 5.10 Å². The molecule has 0 amide bonds. The van der Waals surface area contributed by atoms with Crippen LogP contribution in [0.2, 0.25) is 0 Å². The van der Waals surface area contributed by atoms with Crippen LogP contribution in [-0.4, -0.2) is 20.1 Å². The van der Waals surface area contributed by atoms with Gasteiger partial charge in [0, 0.05) is 17.0 Å². The zero-order valence-corrected chi connectivity index (χ0v) is 8.52. The van der Waals surface area contributed by atoms with Gasteiger partial charge in [-0.2, -0.15) is 0 Å². The summed E-state index contributed by atoms with van der Waals surface area (Å²) in [6.45, 7) is 6.17. The quantitative estimate of drug-likeness (QED) is 0.648. The van der Waals surface area contributed by atoms with E-state index in [-0.39, 0.29) is 5.41 Å². The van der Waals surface area contributed by atoms with Crippen molar-refractivity contribution in [3.8, 4) is 0 Å². The first-order valence-electron chi connectivity index (χ1n) is 4.53. The lowest BCUT2D eigenvalue weighted by Gasteiger charge is -2.14. The van der Waals surface area contributed by atoms with Gasteiger partial charge in [-0.25, -0.2) is 4.98 Å². The molecule has 0 saturated carbocycles. The van der Waals surface area contributed by atoms with Gasteiger partial charge in [0.05, 0.1) is 5.69 Å². The Morgan fingerprint density at radius 3 is 2.71 bits per heavy atom. The van der Waals surface area contributed by atoms with E-state index in [1.54, 1.807) is 6.20 Å². The molecule has 0 spiro atoms. The second kappa shape index (κ2) is 2.70. The molecule has 0 radical (unpaired) electrons. The molecular weight excluding hydrogens is 178 g/mol. The number of hydrogen-bond acceptors (Lipinski definition) is 3. The molecule has 4 nitrogen and oxygen atoms in total. The van der Waals surface area contributed by atoms with Gasteiger partial charge in [-0.3, -0.25) is 0 Å². The highest BCUT2D eigenvalue weighted by Crippen LogP contribution is 2.27. The van der Waals surface area contributed by atoms with E-state index >= 15 is 0 Å². The molecule has 0 aromatic carbocycles. The Hall–Kier alpha value is -1.58. The highest BCUT2D eigenvalue weighted by atomic mass is 16.5. The monoisotopic (exact) mass is 191 g/mol. The van der Waals surface area contributed by atoms with Crippen LogP contribution in [0.1, 0.15) is 26.5 Å². The van der Waals surface area contributed by atoms with Gasteiger partial charge in [-0.05, 0) is 12.1 Å². The summed E-state index contributed by atoms with van der Waals surface area (Å²) in [6, 6.07) is 3.77. The normalized spacial score (nSPS) is 12.2. The molecule has 0 fully saturated rings. The summed E-state index contributed by atoms with van der Waals surface area (Å²) in [5.41, 5.74) is 1.29. The molecule has 0 atom stereocenters. The second-order valence-corrected chi connectivity index (χ2v) is 4.36. The number of aromatic nitrogens is 3. The van der Waals surface area contributed by atoms with Gasteiger partial charge in [0.2, 0.25) is 0 Å². The molecule has 74 valence electrons. The number of rotatable bonds is 0. The molecule has 0 aliphatic heterocycles. The van der Waals surface area contributed by atoms with Gasteiger partial charge in [-0.1, -0.05) is 25.6 Å². The fourth-order valence-corrected chi connectivity index (χ4v) is 1.49. The van der Waals surface area contributed by atoms with Crippen LogP contribution in [0.5, 0.6) is 0 Å². The highest BCUT2D eigenvalue weighted by molar-refractivity contribution is 5.78. The topological polar surface area (TPSA) is 50.9 Å². The van der Waals surface area contributed by atoms with Crippen molar-refractivity contribution in [2.45, 2.75) is 26.2 Å². The van der Waals surface area contributed by atoms with Crippen molar-refractivity contribution in [1.29, 1.82) is 0 Å². The van der Waals surface area contributed by atoms with Crippen LogP contribution in [-0.2, 0) is 5.41 Å². The van der Waals surface area contributed by atoms with Crippen LogP contribution in [0.15, 0.2) is 18.3 Å². The third-order valence-corrected chi connectivity index (χ3v) is 2.14. The molecule has 0 aliphatic rings. The molecule has 0 saturated heterocycles. The van der Waals surface area contributed by atoms with Crippen molar-refractivity contribution >= 4 is 11.0 Å². The second-order valence-electron chi connectivity index (χ2n) is 4.36. The van der Waals surface area contributed by atoms with E-state index in [4.69, 9.17) is 0 Å². The third-order valence-electron chi connectivity index (χ3n) is 2.14. The maximum absolute atomic E-state index is 9.50. The smallest absolute Gasteiger partial charge is 0.198 e. The Labute approximate surface area is 82.1 Å². The molecule has 2 aromatic heterocycles. The molecule has 1 N–H and O–H groups in total. The summed E-state index contributed by atoms with van der Waals surface area (Å²) >= 11 is 0. The van der Waals surface area contributed by atoms with E-state index < -0.39 is 0 Å². The molecule has 0 bridgehead atoms. The molecule has 0 unspecified atom stereocenters. The summed E-state index contributed by atoms with van der Waals surface area (Å²) in [4.78, 5) is 4.91. The maximum Gasteiger partial charge on any atom is 0.198 e. The summed E-state index contributed by atoms with van der Waals surface area (Å²) in [6.07, 6.45) is 1.64. The van der Waals surface area contributed by atoms with Crippen molar-refractivity contribution in [3.63, 3.8) is 0 Å². The summed E-state index contributed by atoms with van der Waals surface area (Å²) in [7, 11) is 0. The van der Waals surface area contributed by atoms with Crippen LogP contribution < -0.4 is 0 Å². The summed E-state index contributed by atoms with van der Waals surface area (Å²) in [5.74, 6) is 0. The minimum absolute atomic E-state index is 0.0880. The SMILES string of the molecule is CC(C)(C)c1nn(O)c2ncccc12. The lowest BCUT2D eigenvalue weighted by molar-refractivity contribution is 0.156. The van der Waals surface area contributed by atoms with Crippen LogP contribution in [0, 0.1) is 0 Å². The minimum atomic E-state index is -0.0880. The van der Waals surface area contributed by atoms with E-state index in [0.717, 1.165) is 15.9 Å². The van der Waals surface area contributed by atoms with Crippen LogP contribution >= 0.6 is 0 Å². The standard InChI is InChI=1S/C10H13N3O/c1-10(2,3)8-7-5-4-6-11-9(7)13(14)12-8/h4-6,14H,1-3H3. The summed E-state index contributed by atoms with van der Waals surface area (Å²) < 4.78 is 0. The van der Waals surface area contributed by atoms with Crippen molar-refractivity contribution in [3.05, 3.63) is 24.0 Å². The first-order chi connectivity index (χ1) is 6.50. The van der Waals surface area contributed by atoms with E-state index in [1.807, 2.05) is 12.1 Å². The maximum atomic E-state index is 9.50. The lowest BCUT2D eigenvalue weighted by Crippen LogP contribution is -2.12. The first kappa shape index (κ1) is 8.99. The minimum Gasteiger partial charge on any atom is -0.410 e. The first-order valence-corrected chi connectivity index (χ1v) is 4.53. The fraction of sp³-hybridized carbons (Fsp3) is 0.400. The van der Waals surface area contributed by atoms with E-state index in [9.17, 15) is 5.21 Å². The highest BCUT2D eigenvalue weighted by Gasteiger charge is 2.22. The molecule has 4 heteroatoms. The van der Waals surface area contributed by atoms with Crippen LogP contribution in [0.3, 0.4) is 0 Å². The predicted octanol–water partition coefficient (Wildman–Crippen LogP) is 1.97. The van der Waals surface area contributed by atoms with E-state index in [0.29, 0.717) is 5.65 Å². The number of pyridine rings is 1. The van der Waals surface area contributed by atoms with Crippen molar-refractivity contribution in [1.82, 2.24) is 14.9 Å². The predicted molar refractivity (Wildman–Crippen MR) is 53.4 cm³/mol. The Bertz CT molecular complexity index is 468. The molecular formula is C10H13N3O. The van der Waals surface area contributed by atoms with Crippen LogP contribution in [0.25, 0.3) is 11.0 Å². The fourth-order valence-electron chi connectivity index (χ4n) is 1.49. The van der Waals surface area contributed by atoms with Gasteiger partial charge in [0.15, 0.2) is 5.65 Å². The van der Waals surface area contributed by atoms with Crippen LogP contribution in [0.4, 0.5) is 0 Å². The molecule has 2 aromatic rings. The average molecular weight is 191 g/mol. The zero-order valence-electron chi connectivity index (χ0n) is 8.52. The van der Waals surface area contributed by atoms with Gasteiger partial charge in [0.25, 0.3) is 0 Å². The van der Waals surface area contributed by atoms with E-state index in [2.05, 4.69) is 30.9 Å². The summed E-state index contributed by atoms with van der Waals surface area (Å²) in [5, 5.41) is 14.5. The van der Waals surface area contributed by atoms with Gasteiger partial charge >= 0.3 is 0 Å². The lowest BCUT2D eigenvalue weighted by atomic mass is 9.90. The number of hydrogen-bond donors (Lipinski definition) is 1. The van der Waals surface area contributed by atoms with Crippen molar-refractivity contribution in [2.24, 2.45) is 0 Å². The largest absolute Gasteiger partial charge is 0.410 e. The average Bonchev–Trinajstić information content (AvgIpc) is 2.44. The zero-order chi connectivity index (χ0) is 10.3. The van der Waals surface area contributed by atoms with Crippen molar-refractivity contribution in [2.75, 3.05) is 0 Å². The Balaban J connectivity index is 2.80. The Morgan fingerprint density at radius 1 is 1.36 bits per heavy atom. The Kier molecular flexibility index (Phi) is 1.74. The molecule has 2 heterocycles. The van der Waals surface area contributed by atoms with Crippen molar-refractivity contribution < 1.29 is 5.21 Å². The number of nitrogens with zero attached hydrogens (tertiary/aromatic N) is 3. The third kappa shape index (κ3) is 1.23. The molecule has 14 heavy (non-hydrogen) atoms. The number of fused-ring (bicyclic) bond motifs is 1. The Morgan fingerprint density at radius 2 is 2.07 bits per heavy atom. The molecule has 2 rings (SSSR count). The van der Waals surface area contributed by atoms with Gasteiger partial charge < -0.3 is 5.21 Å². The van der Waals surface area contributed by atoms with E-state index in [1.165, 1.54) is 0 Å². The molecule has 0 aliphatic carbocycles.